The van der Waals surface area contributed by atoms with Gasteiger partial charge in [-0.2, -0.15) is 0 Å². The first-order valence-electron chi connectivity index (χ1n) is 11.9. The van der Waals surface area contributed by atoms with Crippen molar-refractivity contribution in [2.45, 2.75) is 52.6 Å². The van der Waals surface area contributed by atoms with Gasteiger partial charge in [-0.05, 0) is 62.9 Å². The number of aliphatic hydroxyl groups is 1. The van der Waals surface area contributed by atoms with Crippen LogP contribution in [-0.2, 0) is 24.2 Å². The van der Waals surface area contributed by atoms with Gasteiger partial charge in [-0.15, -0.1) is 10.2 Å². The van der Waals surface area contributed by atoms with Gasteiger partial charge in [-0.1, -0.05) is 6.07 Å². The van der Waals surface area contributed by atoms with Gasteiger partial charge in [0.15, 0.2) is 5.82 Å². The summed E-state index contributed by atoms with van der Waals surface area (Å²) in [7, 11) is 0. The number of hydrogen-bond acceptors (Lipinski definition) is 7. The fourth-order valence-corrected chi connectivity index (χ4v) is 4.64. The van der Waals surface area contributed by atoms with Crippen molar-refractivity contribution in [1.82, 2.24) is 29.6 Å². The molecule has 0 fully saturated rings. The predicted molar refractivity (Wildman–Crippen MR) is 128 cm³/mol. The Morgan fingerprint density at radius 1 is 1.20 bits per heavy atom. The van der Waals surface area contributed by atoms with Gasteiger partial charge in [-0.25, -0.2) is 4.98 Å². The number of carbonyl (C=O) groups excluding carboxylic acids is 2. The first-order valence-corrected chi connectivity index (χ1v) is 11.9. The summed E-state index contributed by atoms with van der Waals surface area (Å²) in [4.78, 5) is 36.5. The molecule has 35 heavy (non-hydrogen) atoms. The first kappa shape index (κ1) is 23.1. The summed E-state index contributed by atoms with van der Waals surface area (Å²) in [6, 6.07) is 7.44. The number of aliphatic hydroxyl groups excluding tert-OH is 1. The van der Waals surface area contributed by atoms with Crippen LogP contribution < -0.4 is 5.32 Å². The summed E-state index contributed by atoms with van der Waals surface area (Å²) >= 11 is 0. The van der Waals surface area contributed by atoms with Gasteiger partial charge in [0.1, 0.15) is 23.0 Å². The monoisotopic (exact) mass is 475 g/mol. The molecule has 3 aromatic heterocycles. The number of nitrogens with one attached hydrogen (secondary N) is 1. The van der Waals surface area contributed by atoms with Crippen LogP contribution in [0.5, 0.6) is 0 Å². The van der Waals surface area contributed by atoms with Gasteiger partial charge in [0, 0.05) is 31.7 Å². The highest BCUT2D eigenvalue weighted by Crippen LogP contribution is 2.30. The smallest absolute Gasteiger partial charge is 0.275 e. The summed E-state index contributed by atoms with van der Waals surface area (Å²) in [5, 5.41) is 21.0. The van der Waals surface area contributed by atoms with E-state index in [9.17, 15) is 14.7 Å². The van der Waals surface area contributed by atoms with Crippen molar-refractivity contribution in [3.05, 3.63) is 53.1 Å². The summed E-state index contributed by atoms with van der Waals surface area (Å²) in [6.45, 7) is 6.31. The molecule has 10 nitrogen and oxygen atoms in total. The Kier molecular flexibility index (Phi) is 5.84. The molecule has 0 spiro atoms. The Morgan fingerprint density at radius 3 is 2.83 bits per heavy atom. The topological polar surface area (TPSA) is 126 Å². The number of rotatable bonds is 5. The zero-order valence-electron chi connectivity index (χ0n) is 20.2. The number of fused-ring (bicyclic) bond motifs is 2. The molecule has 0 bridgehead atoms. The molecule has 5 rings (SSSR count). The number of pyridine rings is 2. The first-order chi connectivity index (χ1) is 16.8. The molecule has 1 atom stereocenters. The van der Waals surface area contributed by atoms with Crippen molar-refractivity contribution in [2.24, 2.45) is 5.41 Å². The van der Waals surface area contributed by atoms with Gasteiger partial charge in [0.2, 0.25) is 5.91 Å². The third kappa shape index (κ3) is 4.29. The second-order valence-corrected chi connectivity index (χ2v) is 9.92. The number of hydrogen-bond donors (Lipinski definition) is 2. The number of aryl methyl sites for hydroxylation is 1. The van der Waals surface area contributed by atoms with Crippen LogP contribution >= 0.6 is 0 Å². The molecule has 0 aromatic carbocycles. The molecule has 10 heteroatoms. The Morgan fingerprint density at radius 2 is 2.03 bits per heavy atom. The highest BCUT2D eigenvalue weighted by Gasteiger charge is 2.33. The maximum atomic E-state index is 13.0. The summed E-state index contributed by atoms with van der Waals surface area (Å²) in [6.07, 6.45) is 4.28. The van der Waals surface area contributed by atoms with E-state index in [1.807, 2.05) is 12.1 Å². The zero-order chi connectivity index (χ0) is 24.7. The number of aromatic nitrogens is 5. The molecule has 0 saturated heterocycles. The Hall–Kier alpha value is -3.66. The van der Waals surface area contributed by atoms with Crippen molar-refractivity contribution in [3.8, 4) is 11.5 Å². The maximum absolute atomic E-state index is 13.0. The molecule has 2 N–H and O–H groups in total. The van der Waals surface area contributed by atoms with Crippen LogP contribution in [0.25, 0.3) is 11.5 Å². The van der Waals surface area contributed by atoms with Gasteiger partial charge < -0.3 is 19.9 Å². The molecule has 2 aliphatic heterocycles. The molecule has 0 saturated carbocycles. The molecule has 0 aliphatic carbocycles. The standard InChI is InChI=1S/C25H29N7O3/c1-15-7-8-21-29-30-22(32(15)21)18-5-4-6-20(27-18)28-23(34)19-11-17-13-31(10-9-16(17)12-26-19)24(35)25(2,3)14-33/h4-6,11-12,15,33H,7-10,13-14H2,1-3H3,(H,27,28,34)/t15-/m0/s1. The van der Waals surface area contributed by atoms with Crippen molar-refractivity contribution in [1.29, 1.82) is 0 Å². The number of amides is 2. The van der Waals surface area contributed by atoms with Crippen molar-refractivity contribution >= 4 is 17.6 Å². The molecule has 5 heterocycles. The third-order valence-electron chi connectivity index (χ3n) is 6.80. The normalized spacial score (nSPS) is 17.1. The largest absolute Gasteiger partial charge is 0.395 e. The van der Waals surface area contributed by atoms with E-state index in [4.69, 9.17) is 0 Å². The number of nitrogens with zero attached hydrogens (tertiary/aromatic N) is 6. The molecule has 3 aromatic rings. The van der Waals surface area contributed by atoms with E-state index in [-0.39, 0.29) is 24.1 Å². The van der Waals surface area contributed by atoms with Crippen molar-refractivity contribution < 1.29 is 14.7 Å². The lowest BCUT2D eigenvalue weighted by molar-refractivity contribution is -0.143. The summed E-state index contributed by atoms with van der Waals surface area (Å²) in [5.41, 5.74) is 1.96. The lowest BCUT2D eigenvalue weighted by Crippen LogP contribution is -2.45. The van der Waals surface area contributed by atoms with Crippen LogP contribution in [0.4, 0.5) is 5.82 Å². The van der Waals surface area contributed by atoms with Gasteiger partial charge in [-0.3, -0.25) is 14.6 Å². The average Bonchev–Trinajstić information content (AvgIpc) is 3.46. The highest BCUT2D eigenvalue weighted by atomic mass is 16.3. The van der Waals surface area contributed by atoms with Crippen LogP contribution in [0.3, 0.4) is 0 Å². The van der Waals surface area contributed by atoms with Crippen molar-refractivity contribution in [2.75, 3.05) is 18.5 Å². The van der Waals surface area contributed by atoms with Crippen LogP contribution in [0.1, 0.15) is 60.7 Å². The molecular weight excluding hydrogens is 446 g/mol. The number of anilines is 1. The van der Waals surface area contributed by atoms with E-state index in [0.717, 1.165) is 29.8 Å². The second kappa shape index (κ2) is 8.84. The summed E-state index contributed by atoms with van der Waals surface area (Å²) in [5.74, 6) is 1.57. The fraction of sp³-hybridized carbons (Fsp3) is 0.440. The Bertz CT molecular complexity index is 1300. The fourth-order valence-electron chi connectivity index (χ4n) is 4.64. The van der Waals surface area contributed by atoms with Crippen LogP contribution in [0.15, 0.2) is 30.5 Å². The molecule has 182 valence electrons. The molecule has 0 radical (unpaired) electrons. The molecule has 2 amide bonds. The van der Waals surface area contributed by atoms with E-state index in [1.54, 1.807) is 37.1 Å². The van der Waals surface area contributed by atoms with E-state index >= 15 is 0 Å². The lowest BCUT2D eigenvalue weighted by atomic mass is 9.91. The minimum atomic E-state index is -0.844. The molecular formula is C25H29N7O3. The third-order valence-corrected chi connectivity index (χ3v) is 6.80. The van der Waals surface area contributed by atoms with Gasteiger partial charge >= 0.3 is 0 Å². The maximum Gasteiger partial charge on any atom is 0.275 e. The Labute approximate surface area is 203 Å². The minimum absolute atomic E-state index is 0.108. The SMILES string of the molecule is C[C@H]1CCc2nnc(-c3cccc(NC(=O)c4cc5c(cn4)CCN(C(=O)C(C)(C)CO)C5)n3)n21. The molecule has 0 unspecified atom stereocenters. The van der Waals surface area contributed by atoms with Crippen LogP contribution in [0.2, 0.25) is 0 Å². The predicted octanol–water partition coefficient (Wildman–Crippen LogP) is 2.40. The second-order valence-electron chi connectivity index (χ2n) is 9.92. The van der Waals surface area contributed by atoms with Crippen molar-refractivity contribution in [3.63, 3.8) is 0 Å². The van der Waals surface area contributed by atoms with Crippen LogP contribution in [-0.4, -0.2) is 59.7 Å². The quantitative estimate of drug-likeness (QED) is 0.580. The van der Waals surface area contributed by atoms with E-state index < -0.39 is 5.41 Å². The summed E-state index contributed by atoms with van der Waals surface area (Å²) < 4.78 is 2.10. The highest BCUT2D eigenvalue weighted by molar-refractivity contribution is 6.02. The minimum Gasteiger partial charge on any atom is -0.395 e. The zero-order valence-corrected chi connectivity index (χ0v) is 20.2. The number of carbonyl (C=O) groups is 2. The van der Waals surface area contributed by atoms with E-state index in [1.165, 1.54) is 0 Å². The Balaban J connectivity index is 1.33. The van der Waals surface area contributed by atoms with E-state index in [0.29, 0.717) is 42.9 Å². The van der Waals surface area contributed by atoms with E-state index in [2.05, 4.69) is 37.0 Å². The average molecular weight is 476 g/mol. The van der Waals surface area contributed by atoms with Gasteiger partial charge in [0.25, 0.3) is 5.91 Å². The van der Waals surface area contributed by atoms with Gasteiger partial charge in [0.05, 0.1) is 12.0 Å². The van der Waals surface area contributed by atoms with Crippen LogP contribution in [0, 0.1) is 5.41 Å². The molecule has 2 aliphatic rings. The lowest BCUT2D eigenvalue weighted by Gasteiger charge is -2.34.